The minimum atomic E-state index is 0.597. The van der Waals surface area contributed by atoms with Crippen LogP contribution in [0.3, 0.4) is 0 Å². The van der Waals surface area contributed by atoms with E-state index < -0.39 is 0 Å². The molecule has 0 atom stereocenters. The van der Waals surface area contributed by atoms with Gasteiger partial charge in [-0.05, 0) is 17.5 Å². The van der Waals surface area contributed by atoms with Gasteiger partial charge in [-0.15, -0.1) is 11.6 Å². The monoisotopic (exact) mass is 207 g/mol. The zero-order valence-electron chi connectivity index (χ0n) is 7.60. The van der Waals surface area contributed by atoms with Gasteiger partial charge in [0.25, 0.3) is 0 Å². The first kappa shape index (κ1) is 10.6. The SMILES string of the molecule is [N-]=[N+]=Nc1ccccc1C=CCCCl. The third-order valence-electron chi connectivity index (χ3n) is 1.66. The van der Waals surface area contributed by atoms with Crippen molar-refractivity contribution in [2.24, 2.45) is 5.11 Å². The van der Waals surface area contributed by atoms with E-state index in [0.717, 1.165) is 12.0 Å². The highest BCUT2D eigenvalue weighted by molar-refractivity contribution is 6.17. The van der Waals surface area contributed by atoms with Gasteiger partial charge in [-0.1, -0.05) is 41.5 Å². The number of halogens is 1. The lowest BCUT2D eigenvalue weighted by atomic mass is 10.1. The summed E-state index contributed by atoms with van der Waals surface area (Å²) in [5, 5.41) is 3.58. The van der Waals surface area contributed by atoms with Gasteiger partial charge in [0, 0.05) is 16.5 Å². The second-order valence-corrected chi connectivity index (χ2v) is 3.01. The quantitative estimate of drug-likeness (QED) is 0.306. The standard InChI is InChI=1S/C10H10ClN3/c11-8-4-3-6-9-5-1-2-7-10(9)13-14-12/h1-3,5-7H,4,8H2. The number of nitrogens with zero attached hydrogens (tertiary/aromatic N) is 3. The lowest BCUT2D eigenvalue weighted by Gasteiger charge is -1.97. The van der Waals surface area contributed by atoms with Crippen molar-refractivity contribution in [3.63, 3.8) is 0 Å². The fourth-order valence-corrected chi connectivity index (χ4v) is 1.17. The van der Waals surface area contributed by atoms with E-state index in [1.54, 1.807) is 6.07 Å². The van der Waals surface area contributed by atoms with Crippen molar-refractivity contribution in [2.75, 3.05) is 5.88 Å². The van der Waals surface area contributed by atoms with Gasteiger partial charge in [0.05, 0.1) is 0 Å². The van der Waals surface area contributed by atoms with E-state index in [9.17, 15) is 0 Å². The molecule has 0 saturated heterocycles. The van der Waals surface area contributed by atoms with Gasteiger partial charge in [0.2, 0.25) is 0 Å². The summed E-state index contributed by atoms with van der Waals surface area (Å²) in [5.74, 6) is 0.597. The van der Waals surface area contributed by atoms with Crippen LogP contribution in [0.2, 0.25) is 0 Å². The van der Waals surface area contributed by atoms with Crippen LogP contribution in [0.25, 0.3) is 16.5 Å². The Morgan fingerprint density at radius 2 is 2.21 bits per heavy atom. The first-order valence-corrected chi connectivity index (χ1v) is 4.78. The van der Waals surface area contributed by atoms with Gasteiger partial charge >= 0.3 is 0 Å². The molecule has 1 aromatic rings. The predicted molar refractivity (Wildman–Crippen MR) is 59.6 cm³/mol. The Morgan fingerprint density at radius 3 is 2.93 bits per heavy atom. The fraction of sp³-hybridized carbons (Fsp3) is 0.200. The highest BCUT2D eigenvalue weighted by Crippen LogP contribution is 2.20. The molecule has 0 aliphatic carbocycles. The summed E-state index contributed by atoms with van der Waals surface area (Å²) in [6.07, 6.45) is 4.68. The highest BCUT2D eigenvalue weighted by atomic mass is 35.5. The third kappa shape index (κ3) is 3.13. The van der Waals surface area contributed by atoms with Crippen LogP contribution in [0, 0.1) is 0 Å². The molecule has 14 heavy (non-hydrogen) atoms. The number of hydrogen-bond acceptors (Lipinski definition) is 1. The van der Waals surface area contributed by atoms with Crippen LogP contribution in [0.1, 0.15) is 12.0 Å². The molecule has 0 saturated carbocycles. The molecule has 0 amide bonds. The lowest BCUT2D eigenvalue weighted by Crippen LogP contribution is -1.73. The van der Waals surface area contributed by atoms with Crippen LogP contribution < -0.4 is 0 Å². The zero-order valence-corrected chi connectivity index (χ0v) is 8.35. The van der Waals surface area contributed by atoms with Crippen molar-refractivity contribution in [2.45, 2.75) is 6.42 Å². The fourth-order valence-electron chi connectivity index (χ4n) is 1.04. The van der Waals surface area contributed by atoms with Gasteiger partial charge in [-0.3, -0.25) is 0 Å². The molecular weight excluding hydrogens is 198 g/mol. The molecule has 3 nitrogen and oxygen atoms in total. The predicted octanol–water partition coefficient (Wildman–Crippen LogP) is 4.27. The van der Waals surface area contributed by atoms with Gasteiger partial charge in [0.1, 0.15) is 0 Å². The van der Waals surface area contributed by atoms with Crippen molar-refractivity contribution in [1.82, 2.24) is 0 Å². The summed E-state index contributed by atoms with van der Waals surface area (Å²) in [4.78, 5) is 2.76. The largest absolute Gasteiger partial charge is 0.126 e. The maximum absolute atomic E-state index is 8.33. The molecule has 0 N–H and O–H groups in total. The van der Waals surface area contributed by atoms with E-state index in [0.29, 0.717) is 11.6 Å². The number of azide groups is 1. The maximum Gasteiger partial charge on any atom is 0.0447 e. The van der Waals surface area contributed by atoms with Crippen molar-refractivity contribution in [3.8, 4) is 0 Å². The number of allylic oxidation sites excluding steroid dienone is 1. The third-order valence-corrected chi connectivity index (χ3v) is 1.88. The Balaban J connectivity index is 2.89. The normalized spacial score (nSPS) is 10.1. The van der Waals surface area contributed by atoms with Gasteiger partial charge in [-0.2, -0.15) is 0 Å². The van der Waals surface area contributed by atoms with E-state index in [1.807, 2.05) is 30.4 Å². The average Bonchev–Trinajstić information content (AvgIpc) is 2.21. The van der Waals surface area contributed by atoms with Gasteiger partial charge in [0.15, 0.2) is 0 Å². The van der Waals surface area contributed by atoms with E-state index in [4.69, 9.17) is 17.1 Å². The minimum Gasteiger partial charge on any atom is -0.126 e. The minimum absolute atomic E-state index is 0.597. The Hall–Kier alpha value is -1.44. The van der Waals surface area contributed by atoms with Crippen LogP contribution in [-0.4, -0.2) is 5.88 Å². The smallest absolute Gasteiger partial charge is 0.0447 e. The molecule has 0 spiro atoms. The van der Waals surface area contributed by atoms with Crippen molar-refractivity contribution in [3.05, 3.63) is 46.3 Å². The molecule has 4 heteroatoms. The molecule has 0 radical (unpaired) electrons. The summed E-state index contributed by atoms with van der Waals surface area (Å²) in [6, 6.07) is 7.41. The summed E-state index contributed by atoms with van der Waals surface area (Å²) in [7, 11) is 0. The Labute approximate surface area is 87.6 Å². The summed E-state index contributed by atoms with van der Waals surface area (Å²) < 4.78 is 0. The molecule has 0 fully saturated rings. The van der Waals surface area contributed by atoms with E-state index in [2.05, 4.69) is 10.0 Å². The molecule has 0 unspecified atom stereocenters. The summed E-state index contributed by atoms with van der Waals surface area (Å²) in [6.45, 7) is 0. The van der Waals surface area contributed by atoms with Crippen LogP contribution >= 0.6 is 11.6 Å². The second-order valence-electron chi connectivity index (χ2n) is 2.63. The van der Waals surface area contributed by atoms with Crippen LogP contribution in [-0.2, 0) is 0 Å². The lowest BCUT2D eigenvalue weighted by molar-refractivity contribution is 1.24. The molecular formula is C10H10ClN3. The molecule has 1 rings (SSSR count). The van der Waals surface area contributed by atoms with Gasteiger partial charge in [-0.25, -0.2) is 0 Å². The van der Waals surface area contributed by atoms with Crippen LogP contribution in [0.15, 0.2) is 35.5 Å². The van der Waals surface area contributed by atoms with Crippen molar-refractivity contribution in [1.29, 1.82) is 0 Å². The molecule has 72 valence electrons. The highest BCUT2D eigenvalue weighted by Gasteiger charge is 1.93. The first-order valence-electron chi connectivity index (χ1n) is 4.25. The maximum atomic E-state index is 8.33. The number of alkyl halides is 1. The number of hydrogen-bond donors (Lipinski definition) is 0. The molecule has 0 heterocycles. The van der Waals surface area contributed by atoms with E-state index in [-0.39, 0.29) is 0 Å². The Morgan fingerprint density at radius 1 is 1.43 bits per heavy atom. The van der Waals surface area contributed by atoms with E-state index in [1.165, 1.54) is 0 Å². The van der Waals surface area contributed by atoms with Crippen LogP contribution in [0.4, 0.5) is 5.69 Å². The molecule has 0 bridgehead atoms. The average molecular weight is 208 g/mol. The molecule has 1 aromatic carbocycles. The summed E-state index contributed by atoms with van der Waals surface area (Å²) in [5.41, 5.74) is 9.88. The molecule has 0 aliphatic rings. The topological polar surface area (TPSA) is 48.8 Å². The number of benzene rings is 1. The summed E-state index contributed by atoms with van der Waals surface area (Å²) >= 11 is 5.54. The van der Waals surface area contributed by atoms with Crippen molar-refractivity contribution >= 4 is 23.4 Å². The van der Waals surface area contributed by atoms with Gasteiger partial charge < -0.3 is 0 Å². The van der Waals surface area contributed by atoms with E-state index >= 15 is 0 Å². The second kappa shape index (κ2) is 6.08. The Bertz CT molecular complexity index is 367. The Kier molecular flexibility index (Phi) is 4.62. The number of rotatable bonds is 4. The van der Waals surface area contributed by atoms with Crippen molar-refractivity contribution < 1.29 is 0 Å². The molecule has 0 aliphatic heterocycles. The zero-order chi connectivity index (χ0) is 10.2. The first-order chi connectivity index (χ1) is 6.88. The molecule has 0 aromatic heterocycles. The van der Waals surface area contributed by atoms with Crippen LogP contribution in [0.5, 0.6) is 0 Å².